The third kappa shape index (κ3) is 3.12. The van der Waals surface area contributed by atoms with Gasteiger partial charge in [0, 0.05) is 0 Å². The Bertz CT molecular complexity index is 2790. The molecule has 25 saturated carbocycles. The Labute approximate surface area is 449 Å². The van der Waals surface area contributed by atoms with E-state index in [1.54, 1.807) is 77.0 Å². The molecule has 398 valence electrons. The van der Waals surface area contributed by atoms with E-state index in [0.29, 0.717) is 16.2 Å². The maximum absolute atomic E-state index is 3.13. The van der Waals surface area contributed by atoms with Gasteiger partial charge in [0.05, 0.1) is 0 Å². The molecule has 47 unspecified atom stereocenters. The second-order valence-corrected chi connectivity index (χ2v) is 39.8. The highest BCUT2D eigenvalue weighted by atomic mass is 15.1. The van der Waals surface area contributed by atoms with Crippen LogP contribution >= 0.6 is 0 Å². The molecular weight excluding hydrogens is 889 g/mol. The first-order chi connectivity index (χ1) is 35.4. The van der Waals surface area contributed by atoms with Gasteiger partial charge in [-0.15, -0.1) is 0 Å². The van der Waals surface area contributed by atoms with Gasteiger partial charge in [0.1, 0.15) is 0 Å². The normalized spacial score (nSPS) is 85.1. The van der Waals surface area contributed by atoms with E-state index in [0.717, 1.165) is 122 Å². The summed E-state index contributed by atoms with van der Waals surface area (Å²) >= 11 is 0. The number of rotatable bonds is 0. The summed E-state index contributed by atoms with van der Waals surface area (Å²) in [5, 5.41) is 0. The van der Waals surface area contributed by atoms with Gasteiger partial charge in [-0.25, -0.2) is 0 Å². The summed E-state index contributed by atoms with van der Waals surface area (Å²) in [6.07, 6.45) is 20.5. The minimum Gasteiger partial charge on any atom is -0.0622 e. The Balaban J connectivity index is 0.664. The van der Waals surface area contributed by atoms with Crippen LogP contribution in [0.5, 0.6) is 0 Å². The van der Waals surface area contributed by atoms with Crippen molar-refractivity contribution in [2.45, 2.75) is 160 Å². The molecule has 0 nitrogen and oxygen atoms in total. The Morgan fingerprint density at radius 3 is 1.53 bits per heavy atom. The lowest BCUT2D eigenvalue weighted by molar-refractivity contribution is -0.448. The summed E-state index contributed by atoms with van der Waals surface area (Å²) in [7, 11) is 0. The second kappa shape index (κ2) is 10.9. The van der Waals surface area contributed by atoms with Crippen molar-refractivity contribution in [3.05, 3.63) is 0 Å². The molecule has 0 aromatic rings. The molecule has 0 saturated heterocycles. The number of fused-ring (bicyclic) bond motifs is 12. The first kappa shape index (κ1) is 41.9. The highest BCUT2D eigenvalue weighted by Gasteiger charge is 3.07. The molecule has 0 N–H and O–H groups in total. The van der Waals surface area contributed by atoms with E-state index in [1.165, 1.54) is 154 Å². The molecule has 47 atom stereocenters. The average molecular weight is 992 g/mol. The van der Waals surface area contributed by atoms with Crippen molar-refractivity contribution < 1.29 is 0 Å². The minimum atomic E-state index is 0.566. The van der Waals surface area contributed by atoms with Crippen LogP contribution in [-0.2, 0) is 0 Å². The van der Waals surface area contributed by atoms with Crippen LogP contribution in [0.2, 0.25) is 0 Å². The lowest BCUT2D eigenvalue weighted by Crippen LogP contribution is -2.88. The SMILES string of the molecule is CC1CC2CC3CC45C3C3CC(C6C7C8CC9C%10C%11C%12CC%13C%14C%15C%16CC(C%17CC%18%19C%17C%17CC(C%20C(C%21CC2(C%21)C2CC2(C)C(C)C(C)C(C)C(C)C(C)C(C)C1C)C(C)(C)C%20%18)C%17%19)C%16C%15(C)C%14C%11(C%13%12)C%10C7(C98)C64)C35. The highest BCUT2D eigenvalue weighted by molar-refractivity contribution is 5.53. The molecular formula is C74H102. The zero-order valence-electron chi connectivity index (χ0n) is 48.7. The molecule has 25 aliphatic rings. The van der Waals surface area contributed by atoms with E-state index in [2.05, 4.69) is 83.1 Å². The fourth-order valence-corrected chi connectivity index (χ4v) is 41.0. The van der Waals surface area contributed by atoms with Gasteiger partial charge in [-0.1, -0.05) is 83.1 Å². The van der Waals surface area contributed by atoms with E-state index in [1.807, 2.05) is 0 Å². The molecule has 0 radical (unpaired) electrons. The molecule has 5 spiro atoms. The van der Waals surface area contributed by atoms with Crippen LogP contribution in [0.25, 0.3) is 0 Å². The van der Waals surface area contributed by atoms with Crippen LogP contribution in [0.1, 0.15) is 160 Å². The molecule has 9 bridgehead atoms. The maximum atomic E-state index is 3.13. The van der Waals surface area contributed by atoms with Gasteiger partial charge in [-0.2, -0.15) is 0 Å². The molecule has 0 heterocycles. The minimum absolute atomic E-state index is 0.566. The first-order valence-electron chi connectivity index (χ1n) is 35.4. The zero-order valence-corrected chi connectivity index (χ0v) is 48.7. The van der Waals surface area contributed by atoms with Gasteiger partial charge >= 0.3 is 0 Å². The predicted molar refractivity (Wildman–Crippen MR) is 290 cm³/mol. The predicted octanol–water partition coefficient (Wildman–Crippen LogP) is 16.0. The molecule has 0 aromatic heterocycles. The Kier molecular flexibility index (Phi) is 6.20. The van der Waals surface area contributed by atoms with E-state index in [4.69, 9.17) is 0 Å². The van der Waals surface area contributed by atoms with Crippen LogP contribution in [0, 0.1) is 292 Å². The molecule has 0 aliphatic heterocycles. The Morgan fingerprint density at radius 1 is 0.324 bits per heavy atom. The summed E-state index contributed by atoms with van der Waals surface area (Å²) in [6, 6.07) is 0. The molecule has 25 rings (SSSR count). The fourth-order valence-electron chi connectivity index (χ4n) is 41.0. The van der Waals surface area contributed by atoms with Gasteiger partial charge in [-0.05, 0) is 369 Å². The quantitative estimate of drug-likeness (QED) is 0.227. The van der Waals surface area contributed by atoms with E-state index in [9.17, 15) is 0 Å². The van der Waals surface area contributed by atoms with E-state index >= 15 is 0 Å². The van der Waals surface area contributed by atoms with Crippen molar-refractivity contribution >= 4 is 0 Å². The summed E-state index contributed by atoms with van der Waals surface area (Å²) in [6.45, 7) is 34.2. The van der Waals surface area contributed by atoms with Crippen molar-refractivity contribution in [3.8, 4) is 0 Å². The second-order valence-electron chi connectivity index (χ2n) is 39.8. The monoisotopic (exact) mass is 991 g/mol. The molecule has 0 amide bonds. The third-order valence-corrected chi connectivity index (χ3v) is 42.1. The topological polar surface area (TPSA) is 0 Å². The van der Waals surface area contributed by atoms with Crippen molar-refractivity contribution in [2.75, 3.05) is 0 Å². The Hall–Kier alpha value is 0. The van der Waals surface area contributed by atoms with Crippen LogP contribution in [0.3, 0.4) is 0 Å². The number of hydrogen-bond acceptors (Lipinski definition) is 0. The van der Waals surface area contributed by atoms with Crippen LogP contribution in [0.4, 0.5) is 0 Å². The van der Waals surface area contributed by atoms with Gasteiger partial charge in [0.25, 0.3) is 0 Å². The molecule has 0 aromatic carbocycles. The lowest BCUT2D eigenvalue weighted by Gasteiger charge is -2.91. The molecule has 25 aliphatic carbocycles. The fraction of sp³-hybridized carbons (Fsp3) is 1.00. The third-order valence-electron chi connectivity index (χ3n) is 42.1. The number of hydrogen-bond donors (Lipinski definition) is 0. The smallest absolute Gasteiger partial charge is 0.0156 e. The molecule has 25 fully saturated rings. The van der Waals surface area contributed by atoms with E-state index in [-0.39, 0.29) is 0 Å². The van der Waals surface area contributed by atoms with Crippen molar-refractivity contribution in [3.63, 3.8) is 0 Å². The highest BCUT2D eigenvalue weighted by Crippen LogP contribution is 3.10. The van der Waals surface area contributed by atoms with Crippen LogP contribution in [0.15, 0.2) is 0 Å². The zero-order chi connectivity index (χ0) is 48.7. The molecule has 0 heteroatoms. The van der Waals surface area contributed by atoms with Crippen molar-refractivity contribution in [1.82, 2.24) is 0 Å². The van der Waals surface area contributed by atoms with Gasteiger partial charge < -0.3 is 0 Å². The Morgan fingerprint density at radius 2 is 0.838 bits per heavy atom. The lowest BCUT2D eigenvalue weighted by atomic mass is 9.13. The molecule has 74 heavy (non-hydrogen) atoms. The van der Waals surface area contributed by atoms with Crippen molar-refractivity contribution in [2.24, 2.45) is 292 Å². The maximum Gasteiger partial charge on any atom is -0.0156 e. The standard InChI is InChI=1S/C74H102/c1-25-13-35-14-33-22-71-52(33)41-16-38(55(41)71)50-61-45-19-40-51-62-44-18-39-49-60-42-15-36(54(42)69(60,12)64(49)73(62,58(39)44)66(51)74(61,59(40)45)65(50)71)46-23-72-56-37(17-43(56)57(46)72)48-53(67(9,10)63(48)72)34-20-70(35,21-34)47-24-68(47,11)32(8)31(7)30(6)29(5)28(4)27(3)26(25)2/h25-66H,13-24H2,1-12H3. The van der Waals surface area contributed by atoms with Crippen molar-refractivity contribution in [1.29, 1.82) is 0 Å². The van der Waals surface area contributed by atoms with Gasteiger partial charge in [-0.3, -0.25) is 0 Å². The van der Waals surface area contributed by atoms with Crippen LogP contribution in [-0.4, -0.2) is 0 Å². The first-order valence-corrected chi connectivity index (χ1v) is 35.4. The largest absolute Gasteiger partial charge is 0.0622 e. The van der Waals surface area contributed by atoms with Gasteiger partial charge in [0.15, 0.2) is 0 Å². The van der Waals surface area contributed by atoms with Gasteiger partial charge in [0.2, 0.25) is 0 Å². The summed E-state index contributed by atoms with van der Waals surface area (Å²) in [4.78, 5) is 0. The summed E-state index contributed by atoms with van der Waals surface area (Å²) in [5.41, 5.74) is 6.10. The van der Waals surface area contributed by atoms with E-state index < -0.39 is 0 Å². The summed E-state index contributed by atoms with van der Waals surface area (Å²) < 4.78 is 0. The average Bonchev–Trinajstić information content (AvgIpc) is 3.61. The summed E-state index contributed by atoms with van der Waals surface area (Å²) in [5.74, 6) is 47.2. The van der Waals surface area contributed by atoms with Crippen LogP contribution < -0.4 is 0 Å².